The molecule has 1 aliphatic heterocycles. The Balaban J connectivity index is 1.61. The Bertz CT molecular complexity index is 739. The third-order valence-corrected chi connectivity index (χ3v) is 4.98. The first kappa shape index (κ1) is 18.4. The number of carbonyl (C=O) groups excluding carboxylic acids is 1. The minimum atomic E-state index is -0.258. The second kappa shape index (κ2) is 8.32. The molecule has 0 aromatic heterocycles. The molecule has 0 bridgehead atoms. The molecule has 1 aliphatic rings. The quantitative estimate of drug-likeness (QED) is 0.862. The Kier molecular flexibility index (Phi) is 5.89. The van der Waals surface area contributed by atoms with Gasteiger partial charge in [-0.1, -0.05) is 30.3 Å². The first-order valence-electron chi connectivity index (χ1n) is 8.88. The molecule has 1 amide bonds. The minimum absolute atomic E-state index is 0.0269. The molecular weight excluding hydrogens is 333 g/mol. The number of ether oxygens (including phenoxy) is 2. The third-order valence-electron chi connectivity index (χ3n) is 4.98. The van der Waals surface area contributed by atoms with Crippen LogP contribution in [0.2, 0.25) is 0 Å². The number of hydrogen-bond acceptors (Lipinski definition) is 3. The van der Waals surface area contributed by atoms with Crippen LogP contribution >= 0.6 is 0 Å². The van der Waals surface area contributed by atoms with Crippen LogP contribution in [0.4, 0.5) is 4.39 Å². The van der Waals surface area contributed by atoms with Gasteiger partial charge >= 0.3 is 0 Å². The van der Waals surface area contributed by atoms with Crippen LogP contribution in [0.15, 0.2) is 48.5 Å². The normalized spacial score (nSPS) is 16.1. The number of carbonyl (C=O) groups is 1. The van der Waals surface area contributed by atoms with Crippen LogP contribution in [0.5, 0.6) is 5.75 Å². The number of benzene rings is 2. The van der Waals surface area contributed by atoms with Crippen molar-refractivity contribution in [3.05, 3.63) is 65.5 Å². The maximum Gasteiger partial charge on any atom is 0.257 e. The summed E-state index contributed by atoms with van der Waals surface area (Å²) in [7, 11) is 0. The van der Waals surface area contributed by atoms with E-state index < -0.39 is 0 Å². The molecule has 4 nitrogen and oxygen atoms in total. The monoisotopic (exact) mass is 357 g/mol. The molecule has 0 atom stereocenters. The second-order valence-electron chi connectivity index (χ2n) is 6.73. The summed E-state index contributed by atoms with van der Waals surface area (Å²) in [6.07, 6.45) is 1.58. The third kappa shape index (κ3) is 4.41. The van der Waals surface area contributed by atoms with Crippen LogP contribution in [0, 0.1) is 12.7 Å². The topological polar surface area (TPSA) is 47.6 Å². The number of hydrogen-bond donors (Lipinski definition) is 1. The van der Waals surface area contributed by atoms with E-state index in [1.165, 1.54) is 12.1 Å². The first-order chi connectivity index (χ1) is 12.6. The van der Waals surface area contributed by atoms with Crippen molar-refractivity contribution in [2.75, 3.05) is 26.4 Å². The lowest BCUT2D eigenvalue weighted by atomic mass is 9.74. The van der Waals surface area contributed by atoms with Crippen molar-refractivity contribution in [1.29, 1.82) is 0 Å². The van der Waals surface area contributed by atoms with Gasteiger partial charge in [-0.3, -0.25) is 4.79 Å². The number of nitrogens with one attached hydrogen (secondary N) is 1. The standard InChI is InChI=1S/C21H24FNO3/c1-16-4-2-3-5-19(16)26-14-20(24)23-15-21(10-12-25-13-11-21)17-6-8-18(22)9-7-17/h2-9H,10-15H2,1H3,(H,23,24). The summed E-state index contributed by atoms with van der Waals surface area (Å²) in [4.78, 5) is 12.3. The molecular formula is C21H24FNO3. The van der Waals surface area contributed by atoms with Crippen molar-refractivity contribution in [3.63, 3.8) is 0 Å². The highest BCUT2D eigenvalue weighted by atomic mass is 19.1. The lowest BCUT2D eigenvalue weighted by molar-refractivity contribution is -0.123. The van der Waals surface area contributed by atoms with Crippen LogP contribution < -0.4 is 10.1 Å². The molecule has 138 valence electrons. The van der Waals surface area contributed by atoms with E-state index in [0.717, 1.165) is 24.0 Å². The zero-order valence-corrected chi connectivity index (χ0v) is 15.0. The van der Waals surface area contributed by atoms with E-state index in [9.17, 15) is 9.18 Å². The van der Waals surface area contributed by atoms with Crippen LogP contribution in [0.3, 0.4) is 0 Å². The average molecular weight is 357 g/mol. The summed E-state index contributed by atoms with van der Waals surface area (Å²) in [6.45, 7) is 3.66. The van der Waals surface area contributed by atoms with Crippen molar-refractivity contribution in [2.45, 2.75) is 25.2 Å². The van der Waals surface area contributed by atoms with Crippen molar-refractivity contribution in [1.82, 2.24) is 5.32 Å². The van der Waals surface area contributed by atoms with Gasteiger partial charge in [-0.15, -0.1) is 0 Å². The van der Waals surface area contributed by atoms with E-state index in [-0.39, 0.29) is 23.7 Å². The Hall–Kier alpha value is -2.40. The lowest BCUT2D eigenvalue weighted by Gasteiger charge is -2.38. The number of halogens is 1. The molecule has 0 spiro atoms. The molecule has 1 N–H and O–H groups in total. The zero-order valence-electron chi connectivity index (χ0n) is 15.0. The first-order valence-corrected chi connectivity index (χ1v) is 8.88. The van der Waals surface area contributed by atoms with E-state index in [4.69, 9.17) is 9.47 Å². The second-order valence-corrected chi connectivity index (χ2v) is 6.73. The number of para-hydroxylation sites is 1. The van der Waals surface area contributed by atoms with Gasteiger partial charge in [0, 0.05) is 25.2 Å². The van der Waals surface area contributed by atoms with Gasteiger partial charge < -0.3 is 14.8 Å². The Labute approximate surface area is 153 Å². The van der Waals surface area contributed by atoms with Gasteiger partial charge in [-0.05, 0) is 49.1 Å². The van der Waals surface area contributed by atoms with E-state index in [2.05, 4.69) is 5.32 Å². The Morgan fingerprint density at radius 3 is 2.54 bits per heavy atom. The Morgan fingerprint density at radius 2 is 1.85 bits per heavy atom. The highest BCUT2D eigenvalue weighted by molar-refractivity contribution is 5.77. The largest absolute Gasteiger partial charge is 0.484 e. The molecule has 2 aromatic rings. The summed E-state index contributed by atoms with van der Waals surface area (Å²) >= 11 is 0. The molecule has 1 heterocycles. The summed E-state index contributed by atoms with van der Waals surface area (Å²) in [6, 6.07) is 14.1. The number of amides is 1. The molecule has 5 heteroatoms. The van der Waals surface area contributed by atoms with E-state index in [1.54, 1.807) is 12.1 Å². The molecule has 0 saturated carbocycles. The fourth-order valence-electron chi connectivity index (χ4n) is 3.31. The molecule has 0 aliphatic carbocycles. The fraction of sp³-hybridized carbons (Fsp3) is 0.381. The predicted octanol–water partition coefficient (Wildman–Crippen LogP) is 3.38. The maximum absolute atomic E-state index is 13.3. The minimum Gasteiger partial charge on any atom is -0.484 e. The summed E-state index contributed by atoms with van der Waals surface area (Å²) in [5.74, 6) is 0.287. The van der Waals surface area contributed by atoms with Crippen LogP contribution in [0.1, 0.15) is 24.0 Å². The van der Waals surface area contributed by atoms with Crippen LogP contribution in [0.25, 0.3) is 0 Å². The van der Waals surface area contributed by atoms with Crippen molar-refractivity contribution < 1.29 is 18.7 Å². The summed E-state index contributed by atoms with van der Waals surface area (Å²) in [5, 5.41) is 2.98. The SMILES string of the molecule is Cc1ccccc1OCC(=O)NCC1(c2ccc(F)cc2)CCOCC1. The van der Waals surface area contributed by atoms with E-state index in [0.29, 0.717) is 25.5 Å². The van der Waals surface area contributed by atoms with Gasteiger partial charge in [0.1, 0.15) is 11.6 Å². The van der Waals surface area contributed by atoms with Crippen molar-refractivity contribution in [2.24, 2.45) is 0 Å². The van der Waals surface area contributed by atoms with Gasteiger partial charge in [0.2, 0.25) is 0 Å². The predicted molar refractivity (Wildman–Crippen MR) is 97.8 cm³/mol. The van der Waals surface area contributed by atoms with Crippen LogP contribution in [-0.2, 0) is 14.9 Å². The van der Waals surface area contributed by atoms with Crippen LogP contribution in [-0.4, -0.2) is 32.3 Å². The highest BCUT2D eigenvalue weighted by Gasteiger charge is 2.34. The lowest BCUT2D eigenvalue weighted by Crippen LogP contribution is -2.45. The maximum atomic E-state index is 13.3. The van der Waals surface area contributed by atoms with Crippen molar-refractivity contribution in [3.8, 4) is 5.75 Å². The highest BCUT2D eigenvalue weighted by Crippen LogP contribution is 2.34. The Morgan fingerprint density at radius 1 is 1.15 bits per heavy atom. The van der Waals surface area contributed by atoms with Crippen molar-refractivity contribution >= 4 is 5.91 Å². The molecule has 0 radical (unpaired) electrons. The summed E-state index contributed by atoms with van der Waals surface area (Å²) < 4.78 is 24.4. The molecule has 2 aromatic carbocycles. The summed E-state index contributed by atoms with van der Waals surface area (Å²) in [5.41, 5.74) is 1.79. The fourth-order valence-corrected chi connectivity index (χ4v) is 3.31. The van der Waals surface area contributed by atoms with Gasteiger partial charge in [-0.25, -0.2) is 4.39 Å². The molecule has 26 heavy (non-hydrogen) atoms. The van der Waals surface area contributed by atoms with Gasteiger partial charge in [0.25, 0.3) is 5.91 Å². The number of rotatable bonds is 6. The molecule has 0 unspecified atom stereocenters. The van der Waals surface area contributed by atoms with E-state index in [1.807, 2.05) is 31.2 Å². The smallest absolute Gasteiger partial charge is 0.257 e. The van der Waals surface area contributed by atoms with Gasteiger partial charge in [0.15, 0.2) is 6.61 Å². The number of aryl methyl sites for hydroxylation is 1. The van der Waals surface area contributed by atoms with E-state index >= 15 is 0 Å². The van der Waals surface area contributed by atoms with Gasteiger partial charge in [0.05, 0.1) is 0 Å². The average Bonchev–Trinajstić information content (AvgIpc) is 2.67. The molecule has 1 saturated heterocycles. The molecule has 1 fully saturated rings. The zero-order chi connectivity index (χ0) is 18.4. The molecule has 3 rings (SSSR count). The van der Waals surface area contributed by atoms with Gasteiger partial charge in [-0.2, -0.15) is 0 Å².